The van der Waals surface area contributed by atoms with E-state index in [1.807, 2.05) is 12.1 Å². The Morgan fingerprint density at radius 2 is 1.80 bits per heavy atom. The van der Waals surface area contributed by atoms with Crippen LogP contribution in [0.1, 0.15) is 11.1 Å². The lowest BCUT2D eigenvalue weighted by atomic mass is 9.95. The third-order valence-electron chi connectivity index (χ3n) is 4.25. The van der Waals surface area contributed by atoms with Gasteiger partial charge in [0.1, 0.15) is 6.04 Å². The van der Waals surface area contributed by atoms with Crippen molar-refractivity contribution in [1.29, 1.82) is 0 Å². The molecule has 0 radical (unpaired) electrons. The minimum atomic E-state index is -4.18. The van der Waals surface area contributed by atoms with Crippen molar-refractivity contribution in [3.05, 3.63) is 65.2 Å². The first-order valence-corrected chi connectivity index (χ1v) is 9.04. The maximum absolute atomic E-state index is 13.5. The van der Waals surface area contributed by atoms with Gasteiger partial charge in [-0.2, -0.15) is 4.31 Å². The number of fused-ring (bicyclic) bond motifs is 1. The Bertz CT molecular complexity index is 931. The number of hydrogen-bond donors (Lipinski definition) is 1. The number of likely N-dealkylation sites (N-methyl/N-ethyl adjacent to an activating group) is 1. The zero-order chi connectivity index (χ0) is 18.2. The SMILES string of the molecule is CNC(=O)C1Cc2ccccc2CN1S(=O)(=O)c1ccc(F)c(F)c1. The molecule has 8 heteroatoms. The van der Waals surface area contributed by atoms with Gasteiger partial charge in [0.15, 0.2) is 11.6 Å². The molecule has 132 valence electrons. The average Bonchev–Trinajstić information content (AvgIpc) is 2.62. The fourth-order valence-electron chi connectivity index (χ4n) is 2.91. The minimum Gasteiger partial charge on any atom is -0.358 e. The Morgan fingerprint density at radius 1 is 1.12 bits per heavy atom. The molecule has 1 amide bonds. The monoisotopic (exact) mass is 366 g/mol. The van der Waals surface area contributed by atoms with Crippen LogP contribution in [0.15, 0.2) is 47.4 Å². The van der Waals surface area contributed by atoms with Gasteiger partial charge in [-0.25, -0.2) is 17.2 Å². The first-order chi connectivity index (χ1) is 11.8. The number of rotatable bonds is 3. The molecule has 1 aliphatic rings. The van der Waals surface area contributed by atoms with E-state index in [1.165, 1.54) is 7.05 Å². The minimum absolute atomic E-state index is 0.0183. The van der Waals surface area contributed by atoms with Crippen LogP contribution in [0.5, 0.6) is 0 Å². The van der Waals surface area contributed by atoms with Gasteiger partial charge in [0.25, 0.3) is 0 Å². The molecular weight excluding hydrogens is 350 g/mol. The summed E-state index contributed by atoms with van der Waals surface area (Å²) in [5.41, 5.74) is 1.65. The molecule has 2 aromatic rings. The van der Waals surface area contributed by atoms with Gasteiger partial charge in [-0.3, -0.25) is 4.79 Å². The molecule has 0 saturated heterocycles. The molecule has 0 aromatic heterocycles. The largest absolute Gasteiger partial charge is 0.358 e. The summed E-state index contributed by atoms with van der Waals surface area (Å²) in [6, 6.07) is 8.64. The number of sulfonamides is 1. The molecule has 3 rings (SSSR count). The molecule has 5 nitrogen and oxygen atoms in total. The van der Waals surface area contributed by atoms with Crippen LogP contribution in [-0.2, 0) is 27.8 Å². The lowest BCUT2D eigenvalue weighted by Crippen LogP contribution is -2.51. The van der Waals surface area contributed by atoms with E-state index in [-0.39, 0.29) is 17.9 Å². The van der Waals surface area contributed by atoms with E-state index >= 15 is 0 Å². The molecule has 2 aromatic carbocycles. The summed E-state index contributed by atoms with van der Waals surface area (Å²) in [5, 5.41) is 2.46. The number of halogens is 2. The number of nitrogens with zero attached hydrogens (tertiary/aromatic N) is 1. The summed E-state index contributed by atoms with van der Waals surface area (Å²) in [5.74, 6) is -2.85. The van der Waals surface area contributed by atoms with E-state index < -0.39 is 33.6 Å². The molecule has 25 heavy (non-hydrogen) atoms. The zero-order valence-electron chi connectivity index (χ0n) is 13.4. The second-order valence-corrected chi connectivity index (χ2v) is 7.62. The van der Waals surface area contributed by atoms with Crippen molar-refractivity contribution in [2.75, 3.05) is 7.05 Å². The van der Waals surface area contributed by atoms with Crippen molar-refractivity contribution in [1.82, 2.24) is 9.62 Å². The van der Waals surface area contributed by atoms with E-state index in [0.29, 0.717) is 6.07 Å². The molecule has 1 heterocycles. The number of carbonyl (C=O) groups is 1. The van der Waals surface area contributed by atoms with Crippen LogP contribution < -0.4 is 5.32 Å². The summed E-state index contributed by atoms with van der Waals surface area (Å²) >= 11 is 0. The van der Waals surface area contributed by atoms with Gasteiger partial charge in [0.2, 0.25) is 15.9 Å². The topological polar surface area (TPSA) is 66.5 Å². The normalized spacial score (nSPS) is 17.8. The molecule has 1 N–H and O–H groups in total. The van der Waals surface area contributed by atoms with Crippen LogP contribution in [0.2, 0.25) is 0 Å². The molecule has 0 bridgehead atoms. The molecule has 0 spiro atoms. The Hall–Kier alpha value is -2.32. The lowest BCUT2D eigenvalue weighted by molar-refractivity contribution is -0.124. The molecule has 1 aliphatic heterocycles. The van der Waals surface area contributed by atoms with E-state index in [4.69, 9.17) is 0 Å². The number of benzene rings is 2. The third-order valence-corrected chi connectivity index (χ3v) is 6.10. The van der Waals surface area contributed by atoms with E-state index in [0.717, 1.165) is 27.6 Å². The first kappa shape index (κ1) is 17.5. The summed E-state index contributed by atoms with van der Waals surface area (Å²) < 4.78 is 53.6. The molecule has 0 saturated carbocycles. The lowest BCUT2D eigenvalue weighted by Gasteiger charge is -2.34. The molecule has 1 atom stereocenters. The van der Waals surface area contributed by atoms with Crippen molar-refractivity contribution < 1.29 is 22.0 Å². The van der Waals surface area contributed by atoms with Crippen molar-refractivity contribution in [2.24, 2.45) is 0 Å². The summed E-state index contributed by atoms with van der Waals surface area (Å²) in [6.45, 7) is -0.0183. The highest BCUT2D eigenvalue weighted by molar-refractivity contribution is 7.89. The maximum atomic E-state index is 13.5. The van der Waals surface area contributed by atoms with Crippen LogP contribution in [0.3, 0.4) is 0 Å². The maximum Gasteiger partial charge on any atom is 0.244 e. The summed E-state index contributed by atoms with van der Waals surface area (Å²) in [6.07, 6.45) is 0.207. The second kappa shape index (κ2) is 6.53. The Labute approximate surface area is 144 Å². The molecule has 0 fully saturated rings. The quantitative estimate of drug-likeness (QED) is 0.901. The Morgan fingerprint density at radius 3 is 2.44 bits per heavy atom. The van der Waals surface area contributed by atoms with Crippen molar-refractivity contribution in [3.8, 4) is 0 Å². The highest BCUT2D eigenvalue weighted by Crippen LogP contribution is 2.29. The van der Waals surface area contributed by atoms with Crippen LogP contribution in [0.4, 0.5) is 8.78 Å². The Kier molecular flexibility index (Phi) is 4.57. The molecule has 1 unspecified atom stereocenters. The third kappa shape index (κ3) is 3.14. The summed E-state index contributed by atoms with van der Waals surface area (Å²) in [7, 11) is -2.76. The fraction of sp³-hybridized carbons (Fsp3) is 0.235. The number of amides is 1. The average molecular weight is 366 g/mol. The standard InChI is InChI=1S/C17H16F2N2O3S/c1-20-17(22)16-8-11-4-2-3-5-12(11)10-21(16)25(23,24)13-6-7-14(18)15(19)9-13/h2-7,9,16H,8,10H2,1H3,(H,20,22). The van der Waals surface area contributed by atoms with E-state index in [9.17, 15) is 22.0 Å². The van der Waals surface area contributed by atoms with Crippen LogP contribution >= 0.6 is 0 Å². The van der Waals surface area contributed by atoms with Crippen molar-refractivity contribution in [3.63, 3.8) is 0 Å². The van der Waals surface area contributed by atoms with Crippen LogP contribution in [0, 0.1) is 11.6 Å². The fourth-order valence-corrected chi connectivity index (χ4v) is 4.49. The number of hydrogen-bond acceptors (Lipinski definition) is 3. The van der Waals surface area contributed by atoms with Gasteiger partial charge in [0, 0.05) is 13.6 Å². The zero-order valence-corrected chi connectivity index (χ0v) is 14.2. The van der Waals surface area contributed by atoms with Gasteiger partial charge in [0.05, 0.1) is 4.90 Å². The smallest absolute Gasteiger partial charge is 0.244 e. The van der Waals surface area contributed by atoms with Gasteiger partial charge in [-0.05, 0) is 35.7 Å². The van der Waals surface area contributed by atoms with Crippen molar-refractivity contribution in [2.45, 2.75) is 23.9 Å². The van der Waals surface area contributed by atoms with E-state index in [2.05, 4.69) is 5.32 Å². The molecule has 0 aliphatic carbocycles. The summed E-state index contributed by atoms with van der Waals surface area (Å²) in [4.78, 5) is 11.8. The van der Waals surface area contributed by atoms with Crippen molar-refractivity contribution >= 4 is 15.9 Å². The van der Waals surface area contributed by atoms with Gasteiger partial charge >= 0.3 is 0 Å². The predicted molar refractivity (Wildman–Crippen MR) is 87.1 cm³/mol. The second-order valence-electron chi connectivity index (χ2n) is 5.73. The highest BCUT2D eigenvalue weighted by atomic mass is 32.2. The number of carbonyl (C=O) groups excluding carboxylic acids is 1. The van der Waals surface area contributed by atoms with Crippen LogP contribution in [0.25, 0.3) is 0 Å². The van der Waals surface area contributed by atoms with Gasteiger partial charge in [-0.1, -0.05) is 24.3 Å². The molecular formula is C17H16F2N2O3S. The van der Waals surface area contributed by atoms with Crippen LogP contribution in [-0.4, -0.2) is 31.7 Å². The number of nitrogens with one attached hydrogen (secondary N) is 1. The van der Waals surface area contributed by atoms with E-state index in [1.54, 1.807) is 12.1 Å². The first-order valence-electron chi connectivity index (χ1n) is 7.60. The highest BCUT2D eigenvalue weighted by Gasteiger charge is 2.39. The van der Waals surface area contributed by atoms with Gasteiger partial charge < -0.3 is 5.32 Å². The van der Waals surface area contributed by atoms with Gasteiger partial charge in [-0.15, -0.1) is 0 Å². The predicted octanol–water partition coefficient (Wildman–Crippen LogP) is 1.83. The Balaban J connectivity index is 2.08.